The number of H-pyrrole nitrogens is 1. The number of benzene rings is 2. The van der Waals surface area contributed by atoms with Crippen molar-refractivity contribution < 1.29 is 9.13 Å². The summed E-state index contributed by atoms with van der Waals surface area (Å²) in [6.07, 6.45) is 0. The van der Waals surface area contributed by atoms with Gasteiger partial charge in [-0.3, -0.25) is 0 Å². The van der Waals surface area contributed by atoms with Crippen LogP contribution in [0.4, 0.5) is 4.39 Å². The number of nitrogens with zero attached hydrogens (tertiary/aromatic N) is 1. The highest BCUT2D eigenvalue weighted by molar-refractivity contribution is 7.71. The second-order valence-electron chi connectivity index (χ2n) is 5.61. The lowest BCUT2D eigenvalue weighted by atomic mass is 9.91. The first kappa shape index (κ1) is 15.8. The zero-order chi connectivity index (χ0) is 17.6. The van der Waals surface area contributed by atoms with Crippen LogP contribution in [0, 0.1) is 21.8 Å². The fourth-order valence-electron chi connectivity index (χ4n) is 3.03. The number of hydrogen-bond acceptors (Lipinski definition) is 3. The van der Waals surface area contributed by atoms with E-state index in [0.717, 1.165) is 11.1 Å². The molecule has 0 bridgehead atoms. The molecular weight excluding hydrogens is 359 g/mol. The average molecular weight is 369 g/mol. The summed E-state index contributed by atoms with van der Waals surface area (Å²) < 4.78 is 19.8. The molecule has 2 aromatic carbocycles. The van der Waals surface area contributed by atoms with Crippen LogP contribution in [-0.2, 0) is 6.61 Å². The highest BCUT2D eigenvalue weighted by Gasteiger charge is 2.25. The molecule has 0 unspecified atom stereocenters. The number of hydrogen-bond donors (Lipinski definition) is 1. The van der Waals surface area contributed by atoms with Gasteiger partial charge in [-0.05, 0) is 35.9 Å². The quantitative estimate of drug-likeness (QED) is 0.566. The molecule has 0 radical (unpaired) electrons. The normalized spacial score (nSPS) is 11.9. The molecule has 6 heteroatoms. The smallest absolute Gasteiger partial charge is 0.129 e. The van der Waals surface area contributed by atoms with E-state index in [0.29, 0.717) is 37.8 Å². The van der Waals surface area contributed by atoms with Gasteiger partial charge >= 0.3 is 0 Å². The van der Waals surface area contributed by atoms with Gasteiger partial charge in [-0.25, -0.2) is 4.39 Å². The average Bonchev–Trinajstić information content (AvgIpc) is 2.61. The summed E-state index contributed by atoms with van der Waals surface area (Å²) in [7, 11) is 0. The summed E-state index contributed by atoms with van der Waals surface area (Å²) in [6, 6.07) is 13.7. The molecule has 2 heterocycles. The highest BCUT2D eigenvalue weighted by atomic mass is 35.5. The van der Waals surface area contributed by atoms with Gasteiger partial charge in [0.05, 0.1) is 11.3 Å². The number of nitrogens with one attached hydrogen (secondary N) is 1. The predicted molar refractivity (Wildman–Crippen MR) is 96.5 cm³/mol. The van der Waals surface area contributed by atoms with Gasteiger partial charge in [-0.15, -0.1) is 0 Å². The monoisotopic (exact) mass is 368 g/mol. The molecule has 0 spiro atoms. The van der Waals surface area contributed by atoms with E-state index in [1.807, 2.05) is 12.1 Å². The number of aromatic nitrogens is 1. The van der Waals surface area contributed by atoms with Crippen LogP contribution in [0.3, 0.4) is 0 Å². The van der Waals surface area contributed by atoms with Gasteiger partial charge in [-0.2, -0.15) is 5.26 Å². The van der Waals surface area contributed by atoms with Crippen molar-refractivity contribution in [2.75, 3.05) is 0 Å². The van der Waals surface area contributed by atoms with E-state index in [-0.39, 0.29) is 12.4 Å². The maximum atomic E-state index is 13.7. The van der Waals surface area contributed by atoms with Crippen molar-refractivity contribution >= 4 is 23.8 Å². The van der Waals surface area contributed by atoms with E-state index >= 15 is 0 Å². The van der Waals surface area contributed by atoms with Crippen LogP contribution in [0.15, 0.2) is 42.5 Å². The first-order chi connectivity index (χ1) is 12.1. The molecule has 1 aromatic heterocycles. The van der Waals surface area contributed by atoms with Gasteiger partial charge in [0.1, 0.15) is 28.9 Å². The van der Waals surface area contributed by atoms with Crippen molar-refractivity contribution in [3.05, 3.63) is 69.1 Å². The van der Waals surface area contributed by atoms with Crippen LogP contribution >= 0.6 is 23.8 Å². The van der Waals surface area contributed by atoms with Crippen LogP contribution in [0.1, 0.15) is 11.1 Å². The first-order valence-electron chi connectivity index (χ1n) is 7.46. The second-order valence-corrected chi connectivity index (χ2v) is 6.45. The van der Waals surface area contributed by atoms with Crippen molar-refractivity contribution in [2.45, 2.75) is 6.61 Å². The summed E-state index contributed by atoms with van der Waals surface area (Å²) in [4.78, 5) is 3.07. The first-order valence-corrected chi connectivity index (χ1v) is 8.25. The summed E-state index contributed by atoms with van der Waals surface area (Å²) in [5, 5.41) is 10.2. The van der Waals surface area contributed by atoms with Gasteiger partial charge in [0.2, 0.25) is 0 Å². The molecule has 3 aromatic rings. The van der Waals surface area contributed by atoms with Crippen LogP contribution in [0.5, 0.6) is 5.75 Å². The zero-order valence-corrected chi connectivity index (χ0v) is 14.3. The van der Waals surface area contributed by atoms with E-state index in [2.05, 4.69) is 11.1 Å². The Kier molecular flexibility index (Phi) is 3.79. The van der Waals surface area contributed by atoms with E-state index in [1.165, 1.54) is 12.1 Å². The molecule has 0 atom stereocenters. The maximum absolute atomic E-state index is 13.7. The second kappa shape index (κ2) is 5.99. The Morgan fingerprint density at radius 3 is 2.68 bits per heavy atom. The van der Waals surface area contributed by atoms with Crippen molar-refractivity contribution in [1.82, 2.24) is 4.98 Å². The fraction of sp³-hybridized carbons (Fsp3) is 0.0526. The summed E-state index contributed by atoms with van der Waals surface area (Å²) in [5.74, 6) is 0.207. The Labute approximate surface area is 153 Å². The minimum absolute atomic E-state index is 0.257. The molecule has 0 saturated heterocycles. The van der Waals surface area contributed by atoms with Crippen molar-refractivity contribution in [1.29, 1.82) is 5.26 Å². The minimum Gasteiger partial charge on any atom is -0.488 e. The molecule has 0 aliphatic carbocycles. The molecular formula is C19H10ClFN2OS. The molecule has 122 valence electrons. The lowest BCUT2D eigenvalue weighted by Crippen LogP contribution is -2.11. The number of nitriles is 1. The maximum Gasteiger partial charge on any atom is 0.129 e. The molecule has 0 fully saturated rings. The topological polar surface area (TPSA) is 48.8 Å². The van der Waals surface area contributed by atoms with Crippen LogP contribution < -0.4 is 4.74 Å². The van der Waals surface area contributed by atoms with Gasteiger partial charge in [-0.1, -0.05) is 36.0 Å². The Morgan fingerprint density at radius 2 is 1.96 bits per heavy atom. The van der Waals surface area contributed by atoms with Crippen molar-refractivity contribution in [3.8, 4) is 34.2 Å². The third kappa shape index (κ3) is 2.60. The Bertz CT molecular complexity index is 1100. The lowest BCUT2D eigenvalue weighted by Gasteiger charge is -2.24. The third-order valence-electron chi connectivity index (χ3n) is 4.15. The third-order valence-corrected chi connectivity index (χ3v) is 4.70. The van der Waals surface area contributed by atoms with Gasteiger partial charge in [0.25, 0.3) is 0 Å². The molecule has 4 rings (SSSR count). The largest absolute Gasteiger partial charge is 0.488 e. The van der Waals surface area contributed by atoms with E-state index in [1.54, 1.807) is 18.2 Å². The molecule has 25 heavy (non-hydrogen) atoms. The van der Waals surface area contributed by atoms with Crippen LogP contribution in [0.2, 0.25) is 5.02 Å². The molecule has 0 amide bonds. The molecule has 1 N–H and O–H groups in total. The number of pyridine rings is 1. The summed E-state index contributed by atoms with van der Waals surface area (Å²) in [6.45, 7) is 0.257. The van der Waals surface area contributed by atoms with Crippen molar-refractivity contribution in [3.63, 3.8) is 0 Å². The number of aromatic amines is 1. The number of rotatable bonds is 1. The van der Waals surface area contributed by atoms with Gasteiger partial charge < -0.3 is 9.72 Å². The molecule has 3 nitrogen and oxygen atoms in total. The Balaban J connectivity index is 2.07. The highest BCUT2D eigenvalue weighted by Crippen LogP contribution is 2.42. The number of fused-ring (bicyclic) bond motifs is 3. The lowest BCUT2D eigenvalue weighted by molar-refractivity contribution is 0.301. The van der Waals surface area contributed by atoms with Crippen LogP contribution in [0.25, 0.3) is 22.4 Å². The summed E-state index contributed by atoms with van der Waals surface area (Å²) in [5.41, 5.74) is 3.89. The van der Waals surface area contributed by atoms with E-state index < -0.39 is 0 Å². The Morgan fingerprint density at radius 1 is 1.20 bits per heavy atom. The Hall–Kier alpha value is -2.68. The zero-order valence-electron chi connectivity index (χ0n) is 12.8. The number of ether oxygens (including phenoxy) is 1. The van der Waals surface area contributed by atoms with Gasteiger partial charge in [0, 0.05) is 21.7 Å². The SMILES string of the molecule is N#Cc1c(-c2ccc(Cl)cc2)c2c([nH]c1=S)-c1cc(F)ccc1OC2. The van der Waals surface area contributed by atoms with Crippen LogP contribution in [-0.4, -0.2) is 4.98 Å². The molecule has 0 saturated carbocycles. The minimum atomic E-state index is -0.369. The fourth-order valence-corrected chi connectivity index (χ4v) is 3.41. The standard InChI is InChI=1S/C19H10ClFN2OS/c20-11-3-1-10(2-4-11)17-14(8-22)19(25)23-18-13-7-12(21)5-6-16(13)24-9-15(17)18/h1-7H,9H2,(H,23,25). The van der Waals surface area contributed by atoms with E-state index in [4.69, 9.17) is 28.6 Å². The van der Waals surface area contributed by atoms with Gasteiger partial charge in [0.15, 0.2) is 0 Å². The molecule has 1 aliphatic heterocycles. The number of halogens is 2. The summed E-state index contributed by atoms with van der Waals surface area (Å²) >= 11 is 11.3. The van der Waals surface area contributed by atoms with E-state index in [9.17, 15) is 9.65 Å². The predicted octanol–water partition coefficient (Wildman–Crippen LogP) is 5.63. The molecule has 1 aliphatic rings. The van der Waals surface area contributed by atoms with Crippen molar-refractivity contribution in [2.24, 2.45) is 0 Å².